The number of aromatic nitrogens is 1. The van der Waals surface area contributed by atoms with Crippen LogP contribution in [-0.2, 0) is 11.2 Å². The Hall–Kier alpha value is -0.940. The third-order valence-corrected chi connectivity index (χ3v) is 3.23. The molecule has 0 aromatic carbocycles. The zero-order chi connectivity index (χ0) is 13.0. The fourth-order valence-corrected chi connectivity index (χ4v) is 2.24. The fourth-order valence-electron chi connectivity index (χ4n) is 1.63. The van der Waals surface area contributed by atoms with Crippen LogP contribution in [-0.4, -0.2) is 39.6 Å². The van der Waals surface area contributed by atoms with Gasteiger partial charge in [0, 0.05) is 18.0 Å². The van der Waals surface area contributed by atoms with Gasteiger partial charge >= 0.3 is 0 Å². The number of nitrogens with zero attached hydrogens (tertiary/aromatic N) is 2. The molecule has 0 radical (unpaired) electrons. The van der Waals surface area contributed by atoms with Crippen molar-refractivity contribution in [2.75, 3.05) is 6.54 Å². The number of hydrogen-bond donors (Lipinski definition) is 1. The number of amides is 1. The second-order valence-electron chi connectivity index (χ2n) is 4.52. The maximum atomic E-state index is 12.1. The maximum absolute atomic E-state index is 12.1. The molecule has 1 aromatic rings. The van der Waals surface area contributed by atoms with Crippen LogP contribution in [0, 0.1) is 6.92 Å². The van der Waals surface area contributed by atoms with Gasteiger partial charge in [-0.3, -0.25) is 4.79 Å². The lowest BCUT2D eigenvalue weighted by molar-refractivity contribution is -0.133. The van der Waals surface area contributed by atoms with E-state index in [0.29, 0.717) is 13.0 Å². The third-order valence-electron chi connectivity index (χ3n) is 2.40. The van der Waals surface area contributed by atoms with Gasteiger partial charge in [0.15, 0.2) is 0 Å². The second kappa shape index (κ2) is 6.12. The van der Waals surface area contributed by atoms with E-state index in [4.69, 9.17) is 0 Å². The molecule has 0 aliphatic heterocycles. The molecule has 5 heteroatoms. The predicted molar refractivity (Wildman–Crippen MR) is 69.1 cm³/mol. The van der Waals surface area contributed by atoms with Gasteiger partial charge in [-0.2, -0.15) is 0 Å². The van der Waals surface area contributed by atoms with Crippen molar-refractivity contribution in [1.29, 1.82) is 0 Å². The van der Waals surface area contributed by atoms with Gasteiger partial charge in [-0.1, -0.05) is 0 Å². The zero-order valence-electron chi connectivity index (χ0n) is 10.8. The van der Waals surface area contributed by atoms with E-state index in [1.54, 1.807) is 23.2 Å². The summed E-state index contributed by atoms with van der Waals surface area (Å²) in [7, 11) is 0. The summed E-state index contributed by atoms with van der Waals surface area (Å²) in [5.41, 5.74) is 0.814. The summed E-state index contributed by atoms with van der Waals surface area (Å²) in [6.45, 7) is 7.89. The number of aryl methyl sites for hydroxylation is 1. The molecule has 1 unspecified atom stereocenters. The van der Waals surface area contributed by atoms with E-state index in [0.717, 1.165) is 10.7 Å². The number of aliphatic hydroxyl groups excluding tert-OH is 1. The van der Waals surface area contributed by atoms with E-state index >= 15 is 0 Å². The number of aliphatic hydroxyl groups is 1. The lowest BCUT2D eigenvalue weighted by Gasteiger charge is -2.27. The molecule has 0 fully saturated rings. The molecule has 1 atom stereocenters. The lowest BCUT2D eigenvalue weighted by Crippen LogP contribution is -2.42. The highest BCUT2D eigenvalue weighted by Crippen LogP contribution is 2.11. The molecule has 1 amide bonds. The SMILES string of the molecule is Cc1nc(CC(=O)N(CC(C)O)C(C)C)cs1. The Morgan fingerprint density at radius 3 is 2.59 bits per heavy atom. The van der Waals surface area contributed by atoms with Gasteiger partial charge in [0.05, 0.1) is 23.2 Å². The third kappa shape index (κ3) is 4.44. The van der Waals surface area contributed by atoms with E-state index < -0.39 is 6.10 Å². The van der Waals surface area contributed by atoms with Crippen LogP contribution in [0.2, 0.25) is 0 Å². The lowest BCUT2D eigenvalue weighted by atomic mass is 10.2. The van der Waals surface area contributed by atoms with Gasteiger partial charge in [0.2, 0.25) is 5.91 Å². The van der Waals surface area contributed by atoms with Crippen LogP contribution in [0.25, 0.3) is 0 Å². The summed E-state index contributed by atoms with van der Waals surface area (Å²) in [5, 5.41) is 12.3. The highest BCUT2D eigenvalue weighted by molar-refractivity contribution is 7.09. The first kappa shape index (κ1) is 14.1. The molecule has 0 saturated heterocycles. The minimum absolute atomic E-state index is 0.0196. The van der Waals surface area contributed by atoms with Crippen molar-refractivity contribution in [2.24, 2.45) is 0 Å². The maximum Gasteiger partial charge on any atom is 0.228 e. The molecule has 1 rings (SSSR count). The normalized spacial score (nSPS) is 12.8. The van der Waals surface area contributed by atoms with Crippen molar-refractivity contribution in [3.63, 3.8) is 0 Å². The molecule has 0 bridgehead atoms. The number of thiazole rings is 1. The quantitative estimate of drug-likeness (QED) is 0.871. The highest BCUT2D eigenvalue weighted by atomic mass is 32.1. The minimum atomic E-state index is -0.501. The predicted octanol–water partition coefficient (Wildman–Crippen LogP) is 1.61. The molecule has 0 aliphatic carbocycles. The molecule has 0 spiro atoms. The minimum Gasteiger partial charge on any atom is -0.392 e. The molecule has 4 nitrogen and oxygen atoms in total. The van der Waals surface area contributed by atoms with Crippen LogP contribution >= 0.6 is 11.3 Å². The van der Waals surface area contributed by atoms with Gasteiger partial charge in [-0.25, -0.2) is 4.98 Å². The topological polar surface area (TPSA) is 53.4 Å². The van der Waals surface area contributed by atoms with E-state index in [2.05, 4.69) is 4.98 Å². The van der Waals surface area contributed by atoms with Crippen molar-refractivity contribution < 1.29 is 9.90 Å². The van der Waals surface area contributed by atoms with Gasteiger partial charge in [-0.15, -0.1) is 11.3 Å². The van der Waals surface area contributed by atoms with E-state index in [1.807, 2.05) is 26.2 Å². The van der Waals surface area contributed by atoms with Crippen molar-refractivity contribution in [3.8, 4) is 0 Å². The molecule has 17 heavy (non-hydrogen) atoms. The fraction of sp³-hybridized carbons (Fsp3) is 0.667. The first-order chi connectivity index (χ1) is 7.90. The molecule has 1 N–H and O–H groups in total. The smallest absolute Gasteiger partial charge is 0.228 e. The molecule has 0 saturated carbocycles. The van der Waals surface area contributed by atoms with Crippen molar-refractivity contribution >= 4 is 17.2 Å². The highest BCUT2D eigenvalue weighted by Gasteiger charge is 2.19. The van der Waals surface area contributed by atoms with E-state index in [9.17, 15) is 9.90 Å². The average molecular weight is 256 g/mol. The summed E-state index contributed by atoms with van der Waals surface area (Å²) in [6.07, 6.45) is -0.187. The Kier molecular flexibility index (Phi) is 5.08. The van der Waals surface area contributed by atoms with Crippen molar-refractivity contribution in [3.05, 3.63) is 16.1 Å². The molecular weight excluding hydrogens is 236 g/mol. The Balaban J connectivity index is 2.65. The number of carbonyl (C=O) groups is 1. The summed E-state index contributed by atoms with van der Waals surface area (Å²) >= 11 is 1.55. The van der Waals surface area contributed by atoms with Crippen LogP contribution in [0.5, 0.6) is 0 Å². The van der Waals surface area contributed by atoms with Crippen LogP contribution in [0.3, 0.4) is 0 Å². The van der Waals surface area contributed by atoms with Gasteiger partial charge in [0.1, 0.15) is 0 Å². The molecule has 1 heterocycles. The largest absolute Gasteiger partial charge is 0.392 e. The summed E-state index contributed by atoms with van der Waals surface area (Å²) in [4.78, 5) is 18.1. The average Bonchev–Trinajstić information content (AvgIpc) is 2.59. The number of rotatable bonds is 5. The molecule has 96 valence electrons. The monoisotopic (exact) mass is 256 g/mol. The molecule has 0 aliphatic rings. The second-order valence-corrected chi connectivity index (χ2v) is 5.59. The Morgan fingerprint density at radius 1 is 1.53 bits per heavy atom. The molecule has 1 aromatic heterocycles. The number of carbonyl (C=O) groups excluding carboxylic acids is 1. The number of hydrogen-bond acceptors (Lipinski definition) is 4. The van der Waals surface area contributed by atoms with Gasteiger partial charge in [0.25, 0.3) is 0 Å². The summed E-state index contributed by atoms with van der Waals surface area (Å²) in [6, 6.07) is 0.0943. The van der Waals surface area contributed by atoms with Crippen LogP contribution in [0.15, 0.2) is 5.38 Å². The first-order valence-electron chi connectivity index (χ1n) is 5.78. The Bertz CT molecular complexity index is 374. The standard InChI is InChI=1S/C12H20N2O2S/c1-8(2)14(6-9(3)15)12(16)5-11-7-17-10(4)13-11/h7-9,15H,5-6H2,1-4H3. The summed E-state index contributed by atoms with van der Waals surface area (Å²) in [5.74, 6) is 0.0196. The van der Waals surface area contributed by atoms with Crippen molar-refractivity contribution in [2.45, 2.75) is 46.3 Å². The Labute approximate surface area is 106 Å². The van der Waals surface area contributed by atoms with Gasteiger partial charge in [-0.05, 0) is 27.7 Å². The van der Waals surface area contributed by atoms with E-state index in [1.165, 1.54) is 0 Å². The molecular formula is C12H20N2O2S. The van der Waals surface area contributed by atoms with Crippen LogP contribution in [0.4, 0.5) is 0 Å². The Morgan fingerprint density at radius 2 is 2.18 bits per heavy atom. The van der Waals surface area contributed by atoms with Gasteiger partial charge < -0.3 is 10.0 Å². The first-order valence-corrected chi connectivity index (χ1v) is 6.66. The zero-order valence-corrected chi connectivity index (χ0v) is 11.6. The van der Waals surface area contributed by atoms with Crippen molar-refractivity contribution in [1.82, 2.24) is 9.88 Å². The van der Waals surface area contributed by atoms with E-state index in [-0.39, 0.29) is 11.9 Å². The summed E-state index contributed by atoms with van der Waals surface area (Å²) < 4.78 is 0. The van der Waals surface area contributed by atoms with Crippen LogP contribution in [0.1, 0.15) is 31.5 Å². The van der Waals surface area contributed by atoms with Crippen LogP contribution < -0.4 is 0 Å².